The van der Waals surface area contributed by atoms with Gasteiger partial charge in [0.25, 0.3) is 0 Å². The van der Waals surface area contributed by atoms with Gasteiger partial charge in [0.2, 0.25) is 0 Å². The van der Waals surface area contributed by atoms with Gasteiger partial charge in [0, 0.05) is 12.6 Å². The van der Waals surface area contributed by atoms with Gasteiger partial charge in [0.1, 0.15) is 0 Å². The molecule has 2 nitrogen and oxygen atoms in total. The van der Waals surface area contributed by atoms with Crippen molar-refractivity contribution < 1.29 is 5.11 Å². The predicted octanol–water partition coefficient (Wildman–Crippen LogP) is 3.20. The largest absolute Gasteiger partial charge is 0.396 e. The molecular formula is C15H31NO. The fourth-order valence-electron chi connectivity index (χ4n) is 3.42. The summed E-state index contributed by atoms with van der Waals surface area (Å²) in [7, 11) is 0. The second-order valence-corrected chi connectivity index (χ2v) is 6.73. The topological polar surface area (TPSA) is 32.3 Å². The van der Waals surface area contributed by atoms with E-state index in [2.05, 4.69) is 33.0 Å². The smallest absolute Gasteiger partial charge is 0.0434 e. The van der Waals surface area contributed by atoms with Crippen LogP contribution in [0.25, 0.3) is 0 Å². The van der Waals surface area contributed by atoms with Crippen molar-refractivity contribution in [3.05, 3.63) is 0 Å². The van der Waals surface area contributed by atoms with Crippen molar-refractivity contribution in [1.29, 1.82) is 0 Å². The molecule has 0 aliphatic heterocycles. The van der Waals surface area contributed by atoms with Crippen LogP contribution in [0.4, 0.5) is 0 Å². The van der Waals surface area contributed by atoms with Gasteiger partial charge >= 0.3 is 0 Å². The van der Waals surface area contributed by atoms with E-state index >= 15 is 0 Å². The molecule has 2 N–H and O–H groups in total. The van der Waals surface area contributed by atoms with Gasteiger partial charge in [-0.15, -0.1) is 0 Å². The van der Waals surface area contributed by atoms with Crippen molar-refractivity contribution in [2.75, 3.05) is 13.2 Å². The lowest BCUT2D eigenvalue weighted by atomic mass is 9.91. The maximum Gasteiger partial charge on any atom is 0.0434 e. The summed E-state index contributed by atoms with van der Waals surface area (Å²) in [5.74, 6) is 1.45. The average molecular weight is 241 g/mol. The van der Waals surface area contributed by atoms with Crippen LogP contribution in [0.1, 0.15) is 59.8 Å². The van der Waals surface area contributed by atoms with Crippen LogP contribution in [0.5, 0.6) is 0 Å². The fraction of sp³-hybridized carbons (Fsp3) is 1.00. The summed E-state index contributed by atoms with van der Waals surface area (Å²) in [4.78, 5) is 0. The first-order valence-electron chi connectivity index (χ1n) is 7.32. The Balaban J connectivity index is 2.33. The van der Waals surface area contributed by atoms with E-state index in [-0.39, 0.29) is 0 Å². The normalized spacial score (nSPS) is 29.5. The van der Waals surface area contributed by atoms with Crippen molar-refractivity contribution in [2.24, 2.45) is 17.3 Å². The summed E-state index contributed by atoms with van der Waals surface area (Å²) in [6.07, 6.45) is 6.04. The first-order chi connectivity index (χ1) is 7.98. The molecule has 1 aliphatic rings. The molecule has 1 saturated carbocycles. The first-order valence-corrected chi connectivity index (χ1v) is 7.32. The number of rotatable bonds is 7. The van der Waals surface area contributed by atoms with Gasteiger partial charge in [-0.2, -0.15) is 0 Å². The van der Waals surface area contributed by atoms with Gasteiger partial charge in [-0.3, -0.25) is 0 Å². The third kappa shape index (κ3) is 4.97. The van der Waals surface area contributed by atoms with Crippen LogP contribution in [-0.4, -0.2) is 24.3 Å². The maximum absolute atomic E-state index is 9.06. The highest BCUT2D eigenvalue weighted by Gasteiger charge is 2.36. The number of aliphatic hydroxyl groups is 1. The van der Waals surface area contributed by atoms with Crippen LogP contribution in [0, 0.1) is 17.3 Å². The van der Waals surface area contributed by atoms with Crippen LogP contribution >= 0.6 is 0 Å². The molecule has 1 aliphatic carbocycles. The third-order valence-electron chi connectivity index (χ3n) is 4.24. The summed E-state index contributed by atoms with van der Waals surface area (Å²) < 4.78 is 0. The average Bonchev–Trinajstić information content (AvgIpc) is 2.49. The van der Waals surface area contributed by atoms with Crippen LogP contribution in [0.3, 0.4) is 0 Å². The molecule has 3 atom stereocenters. The van der Waals surface area contributed by atoms with E-state index in [0.29, 0.717) is 24.0 Å². The summed E-state index contributed by atoms with van der Waals surface area (Å²) in [5.41, 5.74) is 0.508. The number of hydrogen-bond donors (Lipinski definition) is 2. The van der Waals surface area contributed by atoms with Gasteiger partial charge in [0.15, 0.2) is 0 Å². The fourth-order valence-corrected chi connectivity index (χ4v) is 3.42. The quantitative estimate of drug-likeness (QED) is 0.717. The second-order valence-electron chi connectivity index (χ2n) is 6.73. The van der Waals surface area contributed by atoms with Crippen molar-refractivity contribution in [1.82, 2.24) is 5.32 Å². The standard InChI is InChI=1S/C15H31NO/c1-5-6-13(7-8-17)11-16-14-10-15(3,4)9-12(14)2/h12-14,16-17H,5-11H2,1-4H3. The van der Waals surface area contributed by atoms with Crippen molar-refractivity contribution in [3.63, 3.8) is 0 Å². The lowest BCUT2D eigenvalue weighted by molar-refractivity contribution is 0.242. The van der Waals surface area contributed by atoms with Gasteiger partial charge in [0.05, 0.1) is 0 Å². The Morgan fingerprint density at radius 1 is 1.29 bits per heavy atom. The molecular weight excluding hydrogens is 210 g/mol. The van der Waals surface area contributed by atoms with E-state index in [9.17, 15) is 0 Å². The highest BCUT2D eigenvalue weighted by Crippen LogP contribution is 2.40. The molecule has 0 aromatic rings. The van der Waals surface area contributed by atoms with Crippen LogP contribution in [0.2, 0.25) is 0 Å². The summed E-state index contributed by atoms with van der Waals surface area (Å²) in [5, 5.41) is 12.8. The Kier molecular flexibility index (Phi) is 5.94. The molecule has 0 saturated heterocycles. The highest BCUT2D eigenvalue weighted by atomic mass is 16.3. The molecule has 0 aromatic heterocycles. The molecule has 0 spiro atoms. The highest BCUT2D eigenvalue weighted by molar-refractivity contribution is 4.91. The Morgan fingerprint density at radius 3 is 2.47 bits per heavy atom. The minimum absolute atomic E-state index is 0.331. The molecule has 3 unspecified atom stereocenters. The van der Waals surface area contributed by atoms with Crippen LogP contribution in [-0.2, 0) is 0 Å². The van der Waals surface area contributed by atoms with Crippen LogP contribution < -0.4 is 5.32 Å². The number of aliphatic hydroxyl groups excluding tert-OH is 1. The van der Waals surface area contributed by atoms with E-state index in [4.69, 9.17) is 5.11 Å². The molecule has 1 fully saturated rings. The van der Waals surface area contributed by atoms with Crippen molar-refractivity contribution in [2.45, 2.75) is 65.8 Å². The molecule has 1 rings (SSSR count). The Bertz CT molecular complexity index is 209. The lowest BCUT2D eigenvalue weighted by Gasteiger charge is -2.22. The van der Waals surface area contributed by atoms with Gasteiger partial charge in [-0.25, -0.2) is 0 Å². The molecule has 0 heterocycles. The van der Waals surface area contributed by atoms with E-state index < -0.39 is 0 Å². The first kappa shape index (κ1) is 15.0. The zero-order valence-corrected chi connectivity index (χ0v) is 12.1. The third-order valence-corrected chi connectivity index (χ3v) is 4.24. The molecule has 102 valence electrons. The van der Waals surface area contributed by atoms with Crippen molar-refractivity contribution >= 4 is 0 Å². The van der Waals surface area contributed by atoms with E-state index in [1.807, 2.05) is 0 Å². The minimum atomic E-state index is 0.331. The molecule has 0 bridgehead atoms. The predicted molar refractivity (Wildman–Crippen MR) is 74.1 cm³/mol. The Labute approximate surface area is 107 Å². The zero-order chi connectivity index (χ0) is 12.9. The van der Waals surface area contributed by atoms with E-state index in [0.717, 1.165) is 18.9 Å². The molecule has 0 radical (unpaired) electrons. The van der Waals surface area contributed by atoms with Gasteiger partial charge < -0.3 is 10.4 Å². The monoisotopic (exact) mass is 241 g/mol. The molecule has 0 aromatic carbocycles. The van der Waals surface area contributed by atoms with Gasteiger partial charge in [-0.05, 0) is 49.5 Å². The number of hydrogen-bond acceptors (Lipinski definition) is 2. The minimum Gasteiger partial charge on any atom is -0.396 e. The van der Waals surface area contributed by atoms with E-state index in [1.54, 1.807) is 0 Å². The Morgan fingerprint density at radius 2 is 2.00 bits per heavy atom. The van der Waals surface area contributed by atoms with E-state index in [1.165, 1.54) is 25.7 Å². The van der Waals surface area contributed by atoms with Crippen molar-refractivity contribution in [3.8, 4) is 0 Å². The lowest BCUT2D eigenvalue weighted by Crippen LogP contribution is -2.35. The molecule has 2 heteroatoms. The summed E-state index contributed by atoms with van der Waals surface area (Å²) >= 11 is 0. The SMILES string of the molecule is CCCC(CCO)CNC1CC(C)(C)CC1C. The maximum atomic E-state index is 9.06. The Hall–Kier alpha value is -0.0800. The van der Waals surface area contributed by atoms with Gasteiger partial charge in [-0.1, -0.05) is 34.1 Å². The molecule has 0 amide bonds. The summed E-state index contributed by atoms with van der Waals surface area (Å²) in [6, 6.07) is 0.683. The zero-order valence-electron chi connectivity index (χ0n) is 12.1. The second kappa shape index (κ2) is 6.75. The number of nitrogens with one attached hydrogen (secondary N) is 1. The van der Waals surface area contributed by atoms with Crippen LogP contribution in [0.15, 0.2) is 0 Å². The molecule has 17 heavy (non-hydrogen) atoms. The summed E-state index contributed by atoms with van der Waals surface area (Å²) in [6.45, 7) is 10.8.